The Bertz CT molecular complexity index is 1690. The molecule has 3 heterocycles. The first-order chi connectivity index (χ1) is 18.0. The molecule has 7 nitrogen and oxygen atoms in total. The summed E-state index contributed by atoms with van der Waals surface area (Å²) < 4.78 is 4.01. The highest BCUT2D eigenvalue weighted by Gasteiger charge is 2.36. The number of rotatable bonds is 7. The number of fused-ring (bicyclic) bond motifs is 2. The largest absolute Gasteiger partial charge is 0.316 e. The molecule has 1 N–H and O–H groups in total. The summed E-state index contributed by atoms with van der Waals surface area (Å²) in [6.45, 7) is 1.64. The van der Waals surface area contributed by atoms with Crippen LogP contribution in [0.5, 0.6) is 0 Å². The Hall–Kier alpha value is -4.49. The molecule has 0 saturated heterocycles. The van der Waals surface area contributed by atoms with E-state index in [0.717, 1.165) is 40.5 Å². The standard InChI is InChI=1S/C30H27N5O2/c1-33(2)17-10-18-35-25-16-9-7-14-22(25)28(32-35)27-26(29(36)31-30(27)37)23-19-34(20-11-4-3-5-12-20)24-15-8-6-13-21(23)24/h3-9,11-16,19H,10,17-18H2,1-2H3,(H,31,36,37). The average molecular weight is 490 g/mol. The number of aromatic nitrogens is 3. The Balaban J connectivity index is 1.57. The van der Waals surface area contributed by atoms with Crippen molar-refractivity contribution in [2.75, 3.05) is 20.6 Å². The summed E-state index contributed by atoms with van der Waals surface area (Å²) >= 11 is 0. The number of amides is 2. The molecule has 1 aliphatic heterocycles. The van der Waals surface area contributed by atoms with Gasteiger partial charge in [0, 0.05) is 34.8 Å². The van der Waals surface area contributed by atoms with E-state index in [0.29, 0.717) is 28.9 Å². The highest BCUT2D eigenvalue weighted by atomic mass is 16.2. The van der Waals surface area contributed by atoms with Gasteiger partial charge in [-0.1, -0.05) is 54.6 Å². The first-order valence-corrected chi connectivity index (χ1v) is 12.4. The van der Waals surface area contributed by atoms with Crippen LogP contribution in [0, 0.1) is 0 Å². The molecule has 0 bridgehead atoms. The van der Waals surface area contributed by atoms with Crippen molar-refractivity contribution in [3.8, 4) is 5.69 Å². The van der Waals surface area contributed by atoms with Crippen molar-refractivity contribution in [1.29, 1.82) is 0 Å². The summed E-state index contributed by atoms with van der Waals surface area (Å²) in [5.41, 5.74) is 4.82. The zero-order valence-corrected chi connectivity index (χ0v) is 20.8. The number of carbonyl (C=O) groups is 2. The number of para-hydroxylation sites is 3. The molecule has 5 aromatic rings. The minimum atomic E-state index is -0.416. The second-order valence-corrected chi connectivity index (χ2v) is 9.54. The quantitative estimate of drug-likeness (QED) is 0.342. The van der Waals surface area contributed by atoms with Crippen LogP contribution in [0.25, 0.3) is 38.6 Å². The molecule has 37 heavy (non-hydrogen) atoms. The Morgan fingerprint density at radius 2 is 1.43 bits per heavy atom. The summed E-state index contributed by atoms with van der Waals surface area (Å²) in [6.07, 6.45) is 2.86. The molecule has 2 amide bonds. The number of nitrogens with one attached hydrogen (secondary N) is 1. The van der Waals surface area contributed by atoms with E-state index in [1.807, 2.05) is 104 Å². The van der Waals surface area contributed by atoms with Crippen LogP contribution in [0.15, 0.2) is 85.1 Å². The first-order valence-electron chi connectivity index (χ1n) is 12.4. The normalized spacial score (nSPS) is 13.9. The van der Waals surface area contributed by atoms with Gasteiger partial charge in [-0.25, -0.2) is 0 Å². The van der Waals surface area contributed by atoms with Gasteiger partial charge in [0.1, 0.15) is 5.69 Å². The number of imide groups is 1. The maximum atomic E-state index is 13.3. The number of aryl methyl sites for hydroxylation is 1. The zero-order valence-electron chi connectivity index (χ0n) is 20.8. The molecule has 7 heteroatoms. The fourth-order valence-corrected chi connectivity index (χ4v) is 5.14. The fourth-order valence-electron chi connectivity index (χ4n) is 5.14. The predicted molar refractivity (Wildman–Crippen MR) is 146 cm³/mol. The first kappa shape index (κ1) is 22.9. The highest BCUT2D eigenvalue weighted by Crippen LogP contribution is 2.38. The van der Waals surface area contributed by atoms with Gasteiger partial charge in [0.2, 0.25) is 0 Å². The van der Waals surface area contributed by atoms with Gasteiger partial charge in [0.15, 0.2) is 0 Å². The molecule has 0 spiro atoms. The molecule has 0 radical (unpaired) electrons. The maximum Gasteiger partial charge on any atom is 0.261 e. The third kappa shape index (κ3) is 3.93. The number of nitrogens with zero attached hydrogens (tertiary/aromatic N) is 4. The SMILES string of the molecule is CN(C)CCCn1nc(C2=C(c3cn(-c4ccccc4)c4ccccc34)C(=O)NC2=O)c2ccccc21. The fraction of sp³-hybridized carbons (Fsp3) is 0.167. The summed E-state index contributed by atoms with van der Waals surface area (Å²) in [4.78, 5) is 28.7. The summed E-state index contributed by atoms with van der Waals surface area (Å²) in [5.74, 6) is -0.817. The molecular weight excluding hydrogens is 462 g/mol. The van der Waals surface area contributed by atoms with Gasteiger partial charge in [-0.15, -0.1) is 0 Å². The van der Waals surface area contributed by atoms with Crippen LogP contribution in [0.1, 0.15) is 17.7 Å². The van der Waals surface area contributed by atoms with E-state index in [-0.39, 0.29) is 0 Å². The van der Waals surface area contributed by atoms with E-state index in [4.69, 9.17) is 5.10 Å². The maximum absolute atomic E-state index is 13.3. The van der Waals surface area contributed by atoms with Crippen LogP contribution in [-0.2, 0) is 16.1 Å². The van der Waals surface area contributed by atoms with E-state index in [1.165, 1.54) is 0 Å². The van der Waals surface area contributed by atoms with Gasteiger partial charge in [-0.05, 0) is 51.3 Å². The topological polar surface area (TPSA) is 72.2 Å². The predicted octanol–water partition coefficient (Wildman–Crippen LogP) is 4.50. The van der Waals surface area contributed by atoms with Crippen LogP contribution in [0.2, 0.25) is 0 Å². The monoisotopic (exact) mass is 489 g/mol. The number of hydrogen-bond acceptors (Lipinski definition) is 4. The Morgan fingerprint density at radius 1 is 0.784 bits per heavy atom. The van der Waals surface area contributed by atoms with Crippen molar-refractivity contribution < 1.29 is 9.59 Å². The molecule has 3 aromatic carbocycles. The molecule has 0 unspecified atom stereocenters. The molecule has 0 aliphatic carbocycles. The zero-order chi connectivity index (χ0) is 25.5. The molecule has 0 saturated carbocycles. The van der Waals surface area contributed by atoms with Crippen molar-refractivity contribution in [1.82, 2.24) is 24.6 Å². The van der Waals surface area contributed by atoms with Crippen molar-refractivity contribution in [3.05, 3.63) is 96.3 Å². The van der Waals surface area contributed by atoms with E-state index in [1.54, 1.807) is 0 Å². The molecule has 1 aliphatic rings. The van der Waals surface area contributed by atoms with E-state index < -0.39 is 11.8 Å². The Kier molecular flexibility index (Phi) is 5.70. The lowest BCUT2D eigenvalue weighted by Crippen LogP contribution is -2.22. The number of hydrogen-bond donors (Lipinski definition) is 1. The van der Waals surface area contributed by atoms with Crippen LogP contribution < -0.4 is 5.32 Å². The minimum Gasteiger partial charge on any atom is -0.316 e. The number of benzene rings is 3. The van der Waals surface area contributed by atoms with Gasteiger partial charge in [-0.3, -0.25) is 19.6 Å². The van der Waals surface area contributed by atoms with E-state index in [2.05, 4.69) is 14.8 Å². The van der Waals surface area contributed by atoms with E-state index in [9.17, 15) is 9.59 Å². The minimum absolute atomic E-state index is 0.323. The lowest BCUT2D eigenvalue weighted by molar-refractivity contribution is -0.122. The van der Waals surface area contributed by atoms with Crippen LogP contribution in [0.3, 0.4) is 0 Å². The van der Waals surface area contributed by atoms with Crippen LogP contribution >= 0.6 is 0 Å². The summed E-state index contributed by atoms with van der Waals surface area (Å²) in [6, 6.07) is 25.8. The third-order valence-corrected chi connectivity index (χ3v) is 6.82. The highest BCUT2D eigenvalue weighted by molar-refractivity contribution is 6.50. The van der Waals surface area contributed by atoms with Crippen molar-refractivity contribution >= 4 is 44.8 Å². The van der Waals surface area contributed by atoms with Crippen molar-refractivity contribution in [2.45, 2.75) is 13.0 Å². The summed E-state index contributed by atoms with van der Waals surface area (Å²) in [7, 11) is 4.09. The molecule has 6 rings (SSSR count). The molecule has 0 atom stereocenters. The molecule has 184 valence electrons. The van der Waals surface area contributed by atoms with Gasteiger partial charge in [0.05, 0.1) is 22.2 Å². The molecule has 0 fully saturated rings. The Morgan fingerprint density at radius 3 is 2.19 bits per heavy atom. The average Bonchev–Trinajstić information content (AvgIpc) is 3.55. The smallest absolute Gasteiger partial charge is 0.261 e. The van der Waals surface area contributed by atoms with Gasteiger partial charge < -0.3 is 9.47 Å². The van der Waals surface area contributed by atoms with Crippen molar-refractivity contribution in [2.24, 2.45) is 0 Å². The van der Waals surface area contributed by atoms with Gasteiger partial charge >= 0.3 is 0 Å². The second-order valence-electron chi connectivity index (χ2n) is 9.54. The summed E-state index contributed by atoms with van der Waals surface area (Å²) in [5, 5.41) is 9.20. The Labute approximate surface area is 214 Å². The molecular formula is C30H27N5O2. The third-order valence-electron chi connectivity index (χ3n) is 6.82. The lowest BCUT2D eigenvalue weighted by Gasteiger charge is -2.09. The van der Waals surface area contributed by atoms with Crippen LogP contribution in [-0.4, -0.2) is 51.7 Å². The lowest BCUT2D eigenvalue weighted by atomic mass is 9.97. The second kappa shape index (κ2) is 9.19. The van der Waals surface area contributed by atoms with Crippen molar-refractivity contribution in [3.63, 3.8) is 0 Å². The van der Waals surface area contributed by atoms with Crippen LogP contribution in [0.4, 0.5) is 0 Å². The van der Waals surface area contributed by atoms with E-state index >= 15 is 0 Å². The van der Waals surface area contributed by atoms with Gasteiger partial charge in [-0.2, -0.15) is 5.10 Å². The molecule has 2 aromatic heterocycles. The van der Waals surface area contributed by atoms with Gasteiger partial charge in [0.25, 0.3) is 11.8 Å². The number of carbonyl (C=O) groups excluding carboxylic acids is 2.